The zero-order chi connectivity index (χ0) is 13.6. The Hall–Kier alpha value is -2.05. The van der Waals surface area contributed by atoms with E-state index in [1.807, 2.05) is 0 Å². The smallest absolute Gasteiger partial charge is 0.207 e. The second kappa shape index (κ2) is 4.25. The summed E-state index contributed by atoms with van der Waals surface area (Å²) in [6.07, 6.45) is 4.97. The monoisotopic (exact) mass is 271 g/mol. The van der Waals surface area contributed by atoms with Crippen molar-refractivity contribution in [3.8, 4) is 0 Å². The molecule has 0 spiro atoms. The summed E-state index contributed by atoms with van der Waals surface area (Å²) in [4.78, 5) is 3.89. The first-order valence-corrected chi connectivity index (χ1v) is 5.70. The Morgan fingerprint density at radius 1 is 1.11 bits per heavy atom. The molecule has 0 unspecified atom stereocenters. The van der Waals surface area contributed by atoms with Gasteiger partial charge in [0.15, 0.2) is 23.3 Å². The Balaban J connectivity index is 2.01. The van der Waals surface area contributed by atoms with Gasteiger partial charge in [-0.15, -0.1) is 0 Å². The number of halogens is 4. The third-order valence-electron chi connectivity index (χ3n) is 2.96. The molecule has 1 saturated carbocycles. The van der Waals surface area contributed by atoms with Crippen LogP contribution in [0.3, 0.4) is 0 Å². The predicted molar refractivity (Wildman–Crippen MR) is 60.1 cm³/mol. The molecule has 2 aromatic rings. The van der Waals surface area contributed by atoms with Gasteiger partial charge in [-0.2, -0.15) is 0 Å². The van der Waals surface area contributed by atoms with Gasteiger partial charge >= 0.3 is 0 Å². The van der Waals surface area contributed by atoms with Gasteiger partial charge in [-0.3, -0.25) is 0 Å². The van der Waals surface area contributed by atoms with Crippen LogP contribution in [-0.4, -0.2) is 9.55 Å². The van der Waals surface area contributed by atoms with Crippen LogP contribution in [0, 0.1) is 23.3 Å². The topological polar surface area (TPSA) is 29.9 Å². The van der Waals surface area contributed by atoms with Gasteiger partial charge < -0.3 is 9.88 Å². The normalized spacial score (nSPS) is 14.7. The molecule has 0 amide bonds. The van der Waals surface area contributed by atoms with E-state index < -0.39 is 29.0 Å². The van der Waals surface area contributed by atoms with Gasteiger partial charge in [-0.25, -0.2) is 22.5 Å². The average molecular weight is 271 g/mol. The maximum atomic E-state index is 13.5. The molecule has 7 heteroatoms. The number of nitrogens with zero attached hydrogens (tertiary/aromatic N) is 2. The predicted octanol–water partition coefficient (Wildman–Crippen LogP) is 3.52. The summed E-state index contributed by atoms with van der Waals surface area (Å²) in [5.41, 5.74) is -0.870. The van der Waals surface area contributed by atoms with Crippen molar-refractivity contribution in [3.05, 3.63) is 41.7 Å². The van der Waals surface area contributed by atoms with Gasteiger partial charge in [0.1, 0.15) is 5.69 Å². The van der Waals surface area contributed by atoms with Gasteiger partial charge in [0, 0.05) is 24.5 Å². The number of nitrogens with one attached hydrogen (secondary N) is 1. The quantitative estimate of drug-likeness (QED) is 0.683. The van der Waals surface area contributed by atoms with Crippen LogP contribution in [0.4, 0.5) is 29.2 Å². The summed E-state index contributed by atoms with van der Waals surface area (Å²) in [7, 11) is 0. The van der Waals surface area contributed by atoms with E-state index >= 15 is 0 Å². The molecule has 3 rings (SSSR count). The number of hydrogen-bond acceptors (Lipinski definition) is 2. The van der Waals surface area contributed by atoms with E-state index in [1.54, 1.807) is 10.8 Å². The summed E-state index contributed by atoms with van der Waals surface area (Å²) >= 11 is 0. The molecule has 1 aliphatic rings. The highest BCUT2D eigenvalue weighted by Crippen LogP contribution is 2.38. The molecule has 1 aliphatic carbocycles. The zero-order valence-corrected chi connectivity index (χ0v) is 9.63. The Morgan fingerprint density at radius 2 is 1.74 bits per heavy atom. The molecule has 19 heavy (non-hydrogen) atoms. The summed E-state index contributed by atoms with van der Waals surface area (Å²) in [5, 5.41) is 2.31. The Morgan fingerprint density at radius 3 is 2.32 bits per heavy atom. The Kier molecular flexibility index (Phi) is 2.69. The largest absolute Gasteiger partial charge is 0.321 e. The van der Waals surface area contributed by atoms with Crippen molar-refractivity contribution < 1.29 is 17.6 Å². The Labute approximate surface area is 105 Å². The number of rotatable bonds is 3. The molecule has 0 radical (unpaired) electrons. The zero-order valence-electron chi connectivity index (χ0n) is 9.63. The van der Waals surface area contributed by atoms with E-state index in [2.05, 4.69) is 10.3 Å². The fourth-order valence-electron chi connectivity index (χ4n) is 1.85. The van der Waals surface area contributed by atoms with Gasteiger partial charge in [0.25, 0.3) is 0 Å². The minimum atomic E-state index is -1.47. The van der Waals surface area contributed by atoms with E-state index in [0.29, 0.717) is 0 Å². The molecule has 1 aromatic carbocycles. The lowest BCUT2D eigenvalue weighted by Gasteiger charge is -2.11. The van der Waals surface area contributed by atoms with Crippen molar-refractivity contribution >= 4 is 11.6 Å². The molecule has 100 valence electrons. The minimum Gasteiger partial charge on any atom is -0.321 e. The van der Waals surface area contributed by atoms with Gasteiger partial charge in [-0.1, -0.05) is 0 Å². The van der Waals surface area contributed by atoms with E-state index in [-0.39, 0.29) is 18.1 Å². The fourth-order valence-corrected chi connectivity index (χ4v) is 1.85. The van der Waals surface area contributed by atoms with Crippen LogP contribution in [0.2, 0.25) is 0 Å². The molecule has 3 nitrogen and oxygen atoms in total. The second-order valence-corrected chi connectivity index (χ2v) is 4.36. The van der Waals surface area contributed by atoms with Crippen molar-refractivity contribution in [2.24, 2.45) is 0 Å². The third kappa shape index (κ3) is 2.05. The van der Waals surface area contributed by atoms with Crippen LogP contribution in [0.15, 0.2) is 18.5 Å². The van der Waals surface area contributed by atoms with Crippen LogP contribution < -0.4 is 5.32 Å². The van der Waals surface area contributed by atoms with E-state index in [0.717, 1.165) is 12.8 Å². The first-order valence-electron chi connectivity index (χ1n) is 5.70. The number of aromatic nitrogens is 2. The van der Waals surface area contributed by atoms with Crippen molar-refractivity contribution in [1.82, 2.24) is 9.55 Å². The first-order chi connectivity index (χ1) is 9.08. The molecule has 0 atom stereocenters. The Bertz CT molecular complexity index is 608. The first kappa shape index (κ1) is 12.0. The lowest BCUT2D eigenvalue weighted by Crippen LogP contribution is -2.07. The summed E-state index contributed by atoms with van der Waals surface area (Å²) in [5.74, 6) is -5.68. The van der Waals surface area contributed by atoms with E-state index in [4.69, 9.17) is 0 Å². The van der Waals surface area contributed by atoms with Gasteiger partial charge in [-0.05, 0) is 12.8 Å². The molecule has 0 aliphatic heterocycles. The second-order valence-electron chi connectivity index (χ2n) is 4.36. The van der Waals surface area contributed by atoms with Crippen LogP contribution in [0.25, 0.3) is 0 Å². The lowest BCUT2D eigenvalue weighted by molar-refractivity contribution is 0.459. The SMILES string of the molecule is Fc1cc(F)c(F)c(Nc2nccn2C2CC2)c1F. The molecule has 0 bridgehead atoms. The molecule has 1 fully saturated rings. The van der Waals surface area contributed by atoms with Crippen molar-refractivity contribution in [1.29, 1.82) is 0 Å². The molecular formula is C12H9F4N3. The van der Waals surface area contributed by atoms with Gasteiger partial charge in [0.2, 0.25) is 5.95 Å². The number of imidazole rings is 1. The van der Waals surface area contributed by atoms with Crippen LogP contribution in [0.1, 0.15) is 18.9 Å². The van der Waals surface area contributed by atoms with Crippen molar-refractivity contribution in [3.63, 3.8) is 0 Å². The molecule has 0 saturated heterocycles. The van der Waals surface area contributed by atoms with Gasteiger partial charge in [0.05, 0.1) is 0 Å². The fraction of sp³-hybridized carbons (Fsp3) is 0.250. The highest BCUT2D eigenvalue weighted by molar-refractivity contribution is 5.56. The number of hydrogen-bond donors (Lipinski definition) is 1. The summed E-state index contributed by atoms with van der Waals surface area (Å²) < 4.78 is 54.8. The third-order valence-corrected chi connectivity index (χ3v) is 2.96. The maximum Gasteiger partial charge on any atom is 0.207 e. The number of benzene rings is 1. The molecule has 1 heterocycles. The van der Waals surface area contributed by atoms with E-state index in [1.165, 1.54) is 6.20 Å². The highest BCUT2D eigenvalue weighted by Gasteiger charge is 2.27. The van der Waals surface area contributed by atoms with Crippen LogP contribution in [-0.2, 0) is 0 Å². The minimum absolute atomic E-state index is 0.158. The highest BCUT2D eigenvalue weighted by atomic mass is 19.2. The molecule has 1 aromatic heterocycles. The van der Waals surface area contributed by atoms with Crippen LogP contribution in [0.5, 0.6) is 0 Å². The standard InChI is InChI=1S/C12H9F4N3/c13-7-5-8(14)10(16)11(9(7)15)18-12-17-3-4-19(12)6-1-2-6/h3-6H,1-2H2,(H,17,18). The maximum absolute atomic E-state index is 13.5. The molecular weight excluding hydrogens is 262 g/mol. The summed E-state index contributed by atoms with van der Waals surface area (Å²) in [6, 6.07) is 0.387. The lowest BCUT2D eigenvalue weighted by atomic mass is 10.2. The van der Waals surface area contributed by atoms with Crippen LogP contribution >= 0.6 is 0 Å². The average Bonchev–Trinajstić information content (AvgIpc) is 3.12. The van der Waals surface area contributed by atoms with Crippen molar-refractivity contribution in [2.45, 2.75) is 18.9 Å². The van der Waals surface area contributed by atoms with E-state index in [9.17, 15) is 17.6 Å². The van der Waals surface area contributed by atoms with Crippen molar-refractivity contribution in [2.75, 3.05) is 5.32 Å². The summed E-state index contributed by atoms with van der Waals surface area (Å²) in [6.45, 7) is 0. The number of anilines is 2. The molecule has 1 N–H and O–H groups in total.